The fraction of sp³-hybridized carbons (Fsp3) is 0.900. The van der Waals surface area contributed by atoms with Crippen molar-refractivity contribution >= 4 is 6.09 Å². The summed E-state index contributed by atoms with van der Waals surface area (Å²) in [6.07, 6.45) is 1.60. The van der Waals surface area contributed by atoms with Crippen LogP contribution in [0.5, 0.6) is 0 Å². The molecular formula is C10H20N2O3. The Morgan fingerprint density at radius 2 is 2.53 bits per heavy atom. The van der Waals surface area contributed by atoms with Crippen LogP contribution in [0.1, 0.15) is 19.8 Å². The molecule has 1 amide bonds. The van der Waals surface area contributed by atoms with E-state index >= 15 is 0 Å². The number of carbonyl (C=O) groups is 1. The molecular weight excluding hydrogens is 196 g/mol. The molecule has 0 bridgehead atoms. The molecule has 1 saturated heterocycles. The first-order chi connectivity index (χ1) is 7.20. The highest BCUT2D eigenvalue weighted by Gasteiger charge is 2.19. The Balaban J connectivity index is 2.06. The molecule has 0 aromatic heterocycles. The van der Waals surface area contributed by atoms with Crippen LogP contribution in [0.25, 0.3) is 0 Å². The second kappa shape index (κ2) is 6.63. The maximum atomic E-state index is 10.2. The van der Waals surface area contributed by atoms with Gasteiger partial charge in [-0.3, -0.25) is 0 Å². The highest BCUT2D eigenvalue weighted by molar-refractivity contribution is 5.64. The summed E-state index contributed by atoms with van der Waals surface area (Å²) < 4.78 is 5.57. The summed E-state index contributed by atoms with van der Waals surface area (Å²) in [6, 6.07) is 0. The Morgan fingerprint density at radius 1 is 1.73 bits per heavy atom. The van der Waals surface area contributed by atoms with Crippen molar-refractivity contribution in [2.75, 3.05) is 26.2 Å². The standard InChI is InChI=1S/C10H20N2O3/c1-8(9-3-2-4-11-7-9)15-6-5-12-10(13)14/h8-9,11-12H,2-7H2,1H3,(H,13,14). The number of hydrogen-bond donors (Lipinski definition) is 3. The predicted octanol–water partition coefficient (Wildman–Crippen LogP) is 0.659. The third-order valence-corrected chi connectivity index (χ3v) is 2.76. The summed E-state index contributed by atoms with van der Waals surface area (Å²) in [5.74, 6) is 0.559. The van der Waals surface area contributed by atoms with Crippen molar-refractivity contribution in [3.8, 4) is 0 Å². The van der Waals surface area contributed by atoms with Gasteiger partial charge in [-0.2, -0.15) is 0 Å². The summed E-state index contributed by atoms with van der Waals surface area (Å²) in [4.78, 5) is 10.2. The third kappa shape index (κ3) is 4.99. The van der Waals surface area contributed by atoms with Crippen LogP contribution in [0.15, 0.2) is 0 Å². The van der Waals surface area contributed by atoms with Crippen LogP contribution in [0.3, 0.4) is 0 Å². The molecule has 1 heterocycles. The molecule has 0 spiro atoms. The van der Waals surface area contributed by atoms with E-state index in [1.807, 2.05) is 0 Å². The molecule has 5 nitrogen and oxygen atoms in total. The quantitative estimate of drug-likeness (QED) is 0.590. The van der Waals surface area contributed by atoms with Crippen LogP contribution in [0, 0.1) is 5.92 Å². The first kappa shape index (κ1) is 12.3. The van der Waals surface area contributed by atoms with E-state index < -0.39 is 6.09 Å². The van der Waals surface area contributed by atoms with E-state index in [-0.39, 0.29) is 6.10 Å². The molecule has 0 saturated carbocycles. The Morgan fingerprint density at radius 3 is 3.13 bits per heavy atom. The zero-order chi connectivity index (χ0) is 11.1. The van der Waals surface area contributed by atoms with Crippen molar-refractivity contribution in [3.63, 3.8) is 0 Å². The fourth-order valence-electron chi connectivity index (χ4n) is 1.82. The number of amides is 1. The second-order valence-electron chi connectivity index (χ2n) is 3.91. The lowest BCUT2D eigenvalue weighted by Gasteiger charge is -2.28. The minimum atomic E-state index is -0.995. The lowest BCUT2D eigenvalue weighted by atomic mass is 9.95. The average molecular weight is 216 g/mol. The van der Waals surface area contributed by atoms with Gasteiger partial charge in [-0.05, 0) is 32.2 Å². The zero-order valence-corrected chi connectivity index (χ0v) is 9.16. The van der Waals surface area contributed by atoms with Crippen LogP contribution in [0.2, 0.25) is 0 Å². The molecule has 2 atom stereocenters. The van der Waals surface area contributed by atoms with E-state index in [0.717, 1.165) is 13.1 Å². The van der Waals surface area contributed by atoms with Crippen LogP contribution < -0.4 is 10.6 Å². The van der Waals surface area contributed by atoms with Gasteiger partial charge >= 0.3 is 6.09 Å². The molecule has 88 valence electrons. The van der Waals surface area contributed by atoms with Crippen molar-refractivity contribution in [2.24, 2.45) is 5.92 Å². The number of hydrogen-bond acceptors (Lipinski definition) is 3. The van der Waals surface area contributed by atoms with E-state index in [1.54, 1.807) is 0 Å². The largest absolute Gasteiger partial charge is 0.465 e. The maximum absolute atomic E-state index is 10.2. The molecule has 2 unspecified atom stereocenters. The summed E-state index contributed by atoms with van der Waals surface area (Å²) >= 11 is 0. The minimum absolute atomic E-state index is 0.202. The molecule has 5 heteroatoms. The number of nitrogens with one attached hydrogen (secondary N) is 2. The molecule has 1 fully saturated rings. The summed E-state index contributed by atoms with van der Waals surface area (Å²) in [7, 11) is 0. The van der Waals surface area contributed by atoms with Gasteiger partial charge in [0, 0.05) is 13.1 Å². The van der Waals surface area contributed by atoms with Gasteiger partial charge < -0.3 is 20.5 Å². The number of ether oxygens (including phenoxy) is 1. The third-order valence-electron chi connectivity index (χ3n) is 2.76. The van der Waals surface area contributed by atoms with E-state index in [1.165, 1.54) is 12.8 Å². The van der Waals surface area contributed by atoms with Gasteiger partial charge in [0.2, 0.25) is 0 Å². The number of rotatable bonds is 5. The van der Waals surface area contributed by atoms with Gasteiger partial charge in [0.25, 0.3) is 0 Å². The predicted molar refractivity (Wildman–Crippen MR) is 57.0 cm³/mol. The molecule has 0 aromatic carbocycles. The Kier molecular flexibility index (Phi) is 5.42. The molecule has 1 rings (SSSR count). The van der Waals surface area contributed by atoms with E-state index in [9.17, 15) is 4.79 Å². The van der Waals surface area contributed by atoms with Crippen molar-refractivity contribution in [1.29, 1.82) is 0 Å². The average Bonchev–Trinajstić information content (AvgIpc) is 2.25. The van der Waals surface area contributed by atoms with Crippen LogP contribution >= 0.6 is 0 Å². The molecule has 1 aliphatic heterocycles. The van der Waals surface area contributed by atoms with Gasteiger partial charge in [-0.15, -0.1) is 0 Å². The Labute approximate surface area is 90.2 Å². The van der Waals surface area contributed by atoms with Crippen molar-refractivity contribution in [2.45, 2.75) is 25.9 Å². The van der Waals surface area contributed by atoms with Gasteiger partial charge in [0.05, 0.1) is 12.7 Å². The van der Waals surface area contributed by atoms with Gasteiger partial charge in [-0.25, -0.2) is 4.79 Å². The summed E-state index contributed by atoms with van der Waals surface area (Å²) in [5, 5.41) is 14.0. The Bertz CT molecular complexity index is 193. The number of carboxylic acid groups (broad SMARTS) is 1. The number of piperidine rings is 1. The van der Waals surface area contributed by atoms with Gasteiger partial charge in [0.15, 0.2) is 0 Å². The summed E-state index contributed by atoms with van der Waals surface area (Å²) in [6.45, 7) is 4.97. The first-order valence-electron chi connectivity index (χ1n) is 5.49. The highest BCUT2D eigenvalue weighted by Crippen LogP contribution is 2.16. The van der Waals surface area contributed by atoms with E-state index in [4.69, 9.17) is 9.84 Å². The smallest absolute Gasteiger partial charge is 0.404 e. The highest BCUT2D eigenvalue weighted by atomic mass is 16.5. The normalized spacial score (nSPS) is 23.4. The molecule has 3 N–H and O–H groups in total. The minimum Gasteiger partial charge on any atom is -0.465 e. The molecule has 0 aromatic rings. The maximum Gasteiger partial charge on any atom is 0.404 e. The van der Waals surface area contributed by atoms with E-state index in [2.05, 4.69) is 17.6 Å². The molecule has 1 aliphatic rings. The van der Waals surface area contributed by atoms with Crippen molar-refractivity contribution in [3.05, 3.63) is 0 Å². The molecule has 0 aliphatic carbocycles. The van der Waals surface area contributed by atoms with Crippen LogP contribution in [-0.2, 0) is 4.74 Å². The first-order valence-corrected chi connectivity index (χ1v) is 5.49. The van der Waals surface area contributed by atoms with Crippen LogP contribution in [-0.4, -0.2) is 43.5 Å². The summed E-state index contributed by atoms with van der Waals surface area (Å²) in [5.41, 5.74) is 0. The lowest BCUT2D eigenvalue weighted by molar-refractivity contribution is 0.0192. The van der Waals surface area contributed by atoms with Gasteiger partial charge in [-0.1, -0.05) is 0 Å². The fourth-order valence-corrected chi connectivity index (χ4v) is 1.82. The molecule has 0 radical (unpaired) electrons. The topological polar surface area (TPSA) is 70.6 Å². The SMILES string of the molecule is CC(OCCNC(=O)O)C1CCCNC1. The lowest BCUT2D eigenvalue weighted by Crippen LogP contribution is -2.37. The van der Waals surface area contributed by atoms with E-state index in [0.29, 0.717) is 19.1 Å². The van der Waals surface area contributed by atoms with Crippen LogP contribution in [0.4, 0.5) is 4.79 Å². The van der Waals surface area contributed by atoms with Gasteiger partial charge in [0.1, 0.15) is 0 Å². The van der Waals surface area contributed by atoms with Crippen molar-refractivity contribution < 1.29 is 14.6 Å². The van der Waals surface area contributed by atoms with Crippen molar-refractivity contribution in [1.82, 2.24) is 10.6 Å². The zero-order valence-electron chi connectivity index (χ0n) is 9.16. The molecule has 15 heavy (non-hydrogen) atoms. The second-order valence-corrected chi connectivity index (χ2v) is 3.91. The monoisotopic (exact) mass is 216 g/mol. The Hall–Kier alpha value is -0.810.